The molecule has 0 bridgehead atoms. The lowest BCUT2D eigenvalue weighted by Crippen LogP contribution is -2.42. The number of benzene rings is 4. The first kappa shape index (κ1) is 24.5. The van der Waals surface area contributed by atoms with Crippen LogP contribution >= 0.6 is 11.6 Å². The molecule has 0 fully saturated rings. The monoisotopic (exact) mass is 504 g/mol. The number of carbonyl (C=O) groups excluding carboxylic acids is 1. The first-order chi connectivity index (χ1) is 16.9. The standard InChI is InChI=1S/C28H25ClN2O3S/c1-21-10-8-9-15-26(21)28(22-11-4-2-5-12-22)30-27(32)20-31(24-18-16-23(29)17-19-24)35(33,34)25-13-6-3-7-14-25/h2-19,28H,20H2,1H3,(H,30,32)/t28-/m1/s1. The van der Waals surface area contributed by atoms with Crippen molar-refractivity contribution in [3.8, 4) is 0 Å². The van der Waals surface area contributed by atoms with Crippen LogP contribution in [0.1, 0.15) is 22.7 Å². The number of hydrogen-bond acceptors (Lipinski definition) is 3. The first-order valence-electron chi connectivity index (χ1n) is 11.1. The molecule has 4 rings (SSSR count). The molecule has 1 N–H and O–H groups in total. The predicted octanol–water partition coefficient (Wildman–Crippen LogP) is 5.75. The van der Waals surface area contributed by atoms with E-state index < -0.39 is 28.5 Å². The molecule has 5 nitrogen and oxygen atoms in total. The lowest BCUT2D eigenvalue weighted by Gasteiger charge is -2.26. The molecule has 0 aliphatic rings. The predicted molar refractivity (Wildman–Crippen MR) is 140 cm³/mol. The van der Waals surface area contributed by atoms with Gasteiger partial charge < -0.3 is 5.32 Å². The summed E-state index contributed by atoms with van der Waals surface area (Å²) in [5.41, 5.74) is 3.21. The average Bonchev–Trinajstić information content (AvgIpc) is 2.88. The van der Waals surface area contributed by atoms with Gasteiger partial charge in [0.1, 0.15) is 6.54 Å². The molecule has 0 saturated heterocycles. The van der Waals surface area contributed by atoms with Gasteiger partial charge in [0.05, 0.1) is 16.6 Å². The number of nitrogens with one attached hydrogen (secondary N) is 1. The van der Waals surface area contributed by atoms with Gasteiger partial charge in [-0.05, 0) is 60.0 Å². The highest BCUT2D eigenvalue weighted by Gasteiger charge is 2.28. The summed E-state index contributed by atoms with van der Waals surface area (Å²) in [5, 5.41) is 3.53. The number of rotatable bonds is 8. The molecule has 35 heavy (non-hydrogen) atoms. The van der Waals surface area contributed by atoms with Gasteiger partial charge in [0, 0.05) is 5.02 Å². The molecule has 4 aromatic carbocycles. The highest BCUT2D eigenvalue weighted by Crippen LogP contribution is 2.27. The van der Waals surface area contributed by atoms with E-state index in [1.807, 2.05) is 61.5 Å². The minimum atomic E-state index is -4.01. The van der Waals surface area contributed by atoms with E-state index in [9.17, 15) is 13.2 Å². The molecule has 0 heterocycles. The molecular formula is C28H25ClN2O3S. The van der Waals surface area contributed by atoms with E-state index in [0.29, 0.717) is 10.7 Å². The minimum Gasteiger partial charge on any atom is -0.344 e. The number of anilines is 1. The van der Waals surface area contributed by atoms with Crippen molar-refractivity contribution in [2.75, 3.05) is 10.8 Å². The van der Waals surface area contributed by atoms with Crippen LogP contribution in [0.5, 0.6) is 0 Å². The summed E-state index contributed by atoms with van der Waals surface area (Å²) in [7, 11) is -4.01. The van der Waals surface area contributed by atoms with E-state index in [0.717, 1.165) is 21.0 Å². The van der Waals surface area contributed by atoms with Crippen LogP contribution in [0.4, 0.5) is 5.69 Å². The maximum Gasteiger partial charge on any atom is 0.264 e. The van der Waals surface area contributed by atoms with Crippen LogP contribution in [-0.4, -0.2) is 20.9 Å². The highest BCUT2D eigenvalue weighted by molar-refractivity contribution is 7.92. The van der Waals surface area contributed by atoms with Gasteiger partial charge in [0.25, 0.3) is 10.0 Å². The Morgan fingerprint density at radius 1 is 0.829 bits per heavy atom. The molecule has 0 saturated carbocycles. The van der Waals surface area contributed by atoms with Gasteiger partial charge in [-0.1, -0.05) is 84.4 Å². The van der Waals surface area contributed by atoms with E-state index in [1.165, 1.54) is 12.1 Å². The quantitative estimate of drug-likeness (QED) is 0.332. The molecule has 4 aromatic rings. The van der Waals surface area contributed by atoms with Gasteiger partial charge in [0.2, 0.25) is 5.91 Å². The molecule has 1 atom stereocenters. The molecule has 0 aromatic heterocycles. The van der Waals surface area contributed by atoms with Crippen molar-refractivity contribution in [3.05, 3.63) is 131 Å². The van der Waals surface area contributed by atoms with Gasteiger partial charge >= 0.3 is 0 Å². The smallest absolute Gasteiger partial charge is 0.264 e. The van der Waals surface area contributed by atoms with E-state index in [-0.39, 0.29) is 4.90 Å². The SMILES string of the molecule is Cc1ccccc1[C@H](NC(=O)CN(c1ccc(Cl)cc1)S(=O)(=O)c1ccccc1)c1ccccc1. The summed E-state index contributed by atoms with van der Waals surface area (Å²) in [6, 6.07) is 31.4. The fourth-order valence-corrected chi connectivity index (χ4v) is 5.44. The van der Waals surface area contributed by atoms with E-state index in [4.69, 9.17) is 11.6 Å². The van der Waals surface area contributed by atoms with Crippen molar-refractivity contribution in [3.63, 3.8) is 0 Å². The second kappa shape index (κ2) is 10.8. The topological polar surface area (TPSA) is 66.5 Å². The summed E-state index contributed by atoms with van der Waals surface area (Å²) in [6.07, 6.45) is 0. The maximum absolute atomic E-state index is 13.5. The molecule has 0 spiro atoms. The zero-order valence-corrected chi connectivity index (χ0v) is 20.7. The molecule has 0 unspecified atom stereocenters. The third-order valence-electron chi connectivity index (χ3n) is 5.67. The largest absolute Gasteiger partial charge is 0.344 e. The Labute approximate surface area is 211 Å². The second-order valence-corrected chi connectivity index (χ2v) is 10.4. The van der Waals surface area contributed by atoms with Crippen LogP contribution in [0.2, 0.25) is 5.02 Å². The third kappa shape index (κ3) is 5.73. The summed E-state index contributed by atoms with van der Waals surface area (Å²) in [6.45, 7) is 1.59. The van der Waals surface area contributed by atoms with Crippen LogP contribution < -0.4 is 9.62 Å². The molecule has 178 valence electrons. The van der Waals surface area contributed by atoms with Gasteiger partial charge in [0.15, 0.2) is 0 Å². The van der Waals surface area contributed by atoms with Gasteiger partial charge in [-0.2, -0.15) is 0 Å². The number of halogens is 1. The Kier molecular flexibility index (Phi) is 7.54. The summed E-state index contributed by atoms with van der Waals surface area (Å²) < 4.78 is 28.2. The van der Waals surface area contributed by atoms with Crippen LogP contribution in [0.3, 0.4) is 0 Å². The van der Waals surface area contributed by atoms with E-state index in [2.05, 4.69) is 5.32 Å². The van der Waals surface area contributed by atoms with Crippen LogP contribution in [0, 0.1) is 6.92 Å². The minimum absolute atomic E-state index is 0.0984. The average molecular weight is 505 g/mol. The number of nitrogens with zero attached hydrogens (tertiary/aromatic N) is 1. The Morgan fingerprint density at radius 2 is 1.40 bits per heavy atom. The zero-order valence-electron chi connectivity index (χ0n) is 19.1. The van der Waals surface area contributed by atoms with Gasteiger partial charge in [-0.15, -0.1) is 0 Å². The molecule has 1 amide bonds. The summed E-state index contributed by atoms with van der Waals surface area (Å²) in [5.74, 6) is -0.434. The van der Waals surface area contributed by atoms with Crippen LogP contribution in [0.15, 0.2) is 114 Å². The molecule has 0 aliphatic heterocycles. The molecule has 0 aliphatic carbocycles. The number of carbonyl (C=O) groups is 1. The fourth-order valence-electron chi connectivity index (χ4n) is 3.88. The second-order valence-electron chi connectivity index (χ2n) is 8.07. The highest BCUT2D eigenvalue weighted by atomic mass is 35.5. The third-order valence-corrected chi connectivity index (χ3v) is 7.71. The Morgan fingerprint density at radius 3 is 2.03 bits per heavy atom. The van der Waals surface area contributed by atoms with Crippen molar-refractivity contribution in [2.45, 2.75) is 17.9 Å². The molecule has 7 heteroatoms. The zero-order chi connectivity index (χ0) is 24.8. The van der Waals surface area contributed by atoms with Crippen molar-refractivity contribution in [2.24, 2.45) is 0 Å². The first-order valence-corrected chi connectivity index (χ1v) is 12.9. The molecular weight excluding hydrogens is 480 g/mol. The Balaban J connectivity index is 1.69. The van der Waals surface area contributed by atoms with Crippen molar-refractivity contribution in [1.29, 1.82) is 0 Å². The van der Waals surface area contributed by atoms with Crippen LogP contribution in [-0.2, 0) is 14.8 Å². The number of aryl methyl sites for hydroxylation is 1. The van der Waals surface area contributed by atoms with Gasteiger partial charge in [-0.3, -0.25) is 9.10 Å². The Hall–Kier alpha value is -3.61. The number of amides is 1. The van der Waals surface area contributed by atoms with Crippen molar-refractivity contribution < 1.29 is 13.2 Å². The Bertz CT molecular complexity index is 1390. The van der Waals surface area contributed by atoms with Gasteiger partial charge in [-0.25, -0.2) is 8.42 Å². The number of hydrogen-bond donors (Lipinski definition) is 1. The lowest BCUT2D eigenvalue weighted by atomic mass is 9.95. The van der Waals surface area contributed by atoms with E-state index >= 15 is 0 Å². The normalized spacial score (nSPS) is 12.1. The number of sulfonamides is 1. The lowest BCUT2D eigenvalue weighted by molar-refractivity contribution is -0.120. The summed E-state index contributed by atoms with van der Waals surface area (Å²) in [4.78, 5) is 13.5. The fraction of sp³-hybridized carbons (Fsp3) is 0.107. The van der Waals surface area contributed by atoms with Crippen LogP contribution in [0.25, 0.3) is 0 Å². The van der Waals surface area contributed by atoms with E-state index in [1.54, 1.807) is 42.5 Å². The maximum atomic E-state index is 13.5. The molecule has 0 radical (unpaired) electrons. The van der Waals surface area contributed by atoms with Crippen molar-refractivity contribution in [1.82, 2.24) is 5.32 Å². The van der Waals surface area contributed by atoms with Crippen molar-refractivity contribution >= 4 is 33.2 Å². The summed E-state index contributed by atoms with van der Waals surface area (Å²) >= 11 is 6.03.